The molecule has 8 N–H and O–H groups in total. The first-order chi connectivity index (χ1) is 62.3. The number of alkyl halides is 3. The fourth-order valence-electron chi connectivity index (χ4n) is 16.7. The second-order valence-electron chi connectivity index (χ2n) is 32.4. The number of hydrogen-bond donors (Lipinski definition) is 8. The highest BCUT2D eigenvalue weighted by molar-refractivity contribution is 6.01. The van der Waals surface area contributed by atoms with E-state index in [1.54, 1.807) is 91.4 Å². The van der Waals surface area contributed by atoms with Crippen molar-refractivity contribution in [3.8, 4) is 50.6 Å². The van der Waals surface area contributed by atoms with Gasteiger partial charge in [-0.05, 0) is 219 Å². The maximum Gasteiger partial charge on any atom is 0.416 e. The Balaban J connectivity index is 0.000000150. The lowest BCUT2D eigenvalue weighted by Crippen LogP contribution is -2.49. The monoisotopic (exact) mass is 1700 g/mol. The van der Waals surface area contributed by atoms with E-state index in [4.69, 9.17) is 0 Å². The Morgan fingerprint density at radius 2 is 0.758 bits per heavy atom. The van der Waals surface area contributed by atoms with Gasteiger partial charge in [0.05, 0.1) is 5.56 Å². The number of phenolic OH excluding ortho intramolecular Hbond substituents is 3. The van der Waals surface area contributed by atoms with E-state index in [1.807, 2.05) is 201 Å². The van der Waals surface area contributed by atoms with Crippen LogP contribution in [-0.4, -0.2) is 91.5 Å². The standard InChI is InChI=1S/C44H37N3O3.C33H27F3N2O2.C32H33N3O3/c48-41-29-38(28-36-19-10-23-45-42(36)41)35-17-9-18-37(27-35)43(49)47-40(26-30-20-21-31-11-7-8-16-34(31)25-30)44(50)46-24-22-39(32-12-3-1-4-13-32)33-14-5-2-6-15-33;1-21-7-9-22(10-8-21)29(23-11-13-28(14-12-23)33(34,35)36)15-17-38-32(40)26-5-2-4-24(18-26)27-19-25-6-3-16-37-31(25)30(39)20-27;36-29-20-27(19-25-15-8-16-33-30(25)29)24-13-7-14-26(18-24)31(37)35-28(17-22-9-3-1-4-10-22)32(38)34-21-23-11-5-2-6-12-23/h1-21,23,25,27-29,39-40,48H,22,24,26H2,(H,46,50)(H,47,49);2-14,16,18-20,29,39H,15,17H2,1H3,(H,38,40);1,3-4,7-10,13-16,18-20,23,28,36H,2,5-6,11-12,17,21H2,(H,34,38)(H,35,37)/t40-;;/m0../s1. The molecule has 2 unspecified atom stereocenters. The Kier molecular flexibility index (Phi) is 28.5. The van der Waals surface area contributed by atoms with Crippen LogP contribution in [-0.2, 0) is 28.6 Å². The molecule has 1 aliphatic rings. The van der Waals surface area contributed by atoms with Crippen molar-refractivity contribution in [1.82, 2.24) is 41.5 Å². The fourth-order valence-corrected chi connectivity index (χ4v) is 16.7. The number of aromatic nitrogens is 3. The van der Waals surface area contributed by atoms with Crippen LogP contribution in [0.15, 0.2) is 346 Å². The molecule has 0 radical (unpaired) electrons. The lowest BCUT2D eigenvalue weighted by molar-refractivity contribution is -0.137. The highest BCUT2D eigenvalue weighted by Crippen LogP contribution is 2.38. The van der Waals surface area contributed by atoms with Crippen LogP contribution in [0.4, 0.5) is 13.2 Å². The van der Waals surface area contributed by atoms with Gasteiger partial charge in [0, 0.05) is 95.8 Å². The Morgan fingerprint density at radius 1 is 0.359 bits per heavy atom. The average Bonchev–Trinajstić information content (AvgIpc) is 0.805. The minimum atomic E-state index is -4.40. The molecule has 13 aromatic carbocycles. The maximum atomic E-state index is 13.9. The summed E-state index contributed by atoms with van der Waals surface area (Å²) in [7, 11) is 0. The molecule has 128 heavy (non-hydrogen) atoms. The Morgan fingerprint density at radius 3 is 1.23 bits per heavy atom. The molecule has 3 atom stereocenters. The fraction of sp³-hybridized carbons (Fsp3) is 0.174. The number of amides is 5. The number of hydrogen-bond acceptors (Lipinski definition) is 11. The molecule has 642 valence electrons. The number of nitrogens with zero attached hydrogens (tertiary/aromatic N) is 3. The first-order valence-corrected chi connectivity index (χ1v) is 43.1. The van der Waals surface area contributed by atoms with Crippen molar-refractivity contribution in [3.63, 3.8) is 0 Å². The van der Waals surface area contributed by atoms with Gasteiger partial charge in [-0.1, -0.05) is 249 Å². The van der Waals surface area contributed by atoms with Crippen LogP contribution < -0.4 is 26.6 Å². The third kappa shape index (κ3) is 22.7. The summed E-state index contributed by atoms with van der Waals surface area (Å²) >= 11 is 0. The number of carbonyl (C=O) groups is 5. The van der Waals surface area contributed by atoms with Gasteiger partial charge in [-0.3, -0.25) is 38.9 Å². The van der Waals surface area contributed by atoms with Gasteiger partial charge in [0.15, 0.2) is 0 Å². The normalized spacial score (nSPS) is 12.8. The molecule has 16 nitrogen and oxygen atoms in total. The summed E-state index contributed by atoms with van der Waals surface area (Å²) in [5.74, 6) is -0.679. The molecule has 3 heterocycles. The number of halogens is 3. The van der Waals surface area contributed by atoms with Crippen LogP contribution in [0.25, 0.3) is 76.9 Å². The van der Waals surface area contributed by atoms with Gasteiger partial charge in [0.2, 0.25) is 11.8 Å². The summed E-state index contributed by atoms with van der Waals surface area (Å²) in [5.41, 5.74) is 13.9. The van der Waals surface area contributed by atoms with E-state index < -0.39 is 23.8 Å². The number of pyridine rings is 3. The number of aryl methyl sites for hydroxylation is 1. The molecule has 16 aromatic rings. The van der Waals surface area contributed by atoms with Gasteiger partial charge >= 0.3 is 6.18 Å². The predicted octanol–water partition coefficient (Wildman–Crippen LogP) is 22.0. The first-order valence-electron chi connectivity index (χ1n) is 43.1. The molecule has 0 saturated heterocycles. The number of rotatable bonds is 26. The van der Waals surface area contributed by atoms with Gasteiger partial charge in [-0.15, -0.1) is 0 Å². The maximum absolute atomic E-state index is 13.9. The number of phenols is 3. The van der Waals surface area contributed by atoms with Crippen LogP contribution in [0.1, 0.15) is 132 Å². The number of carbonyl (C=O) groups excluding carboxylic acids is 5. The van der Waals surface area contributed by atoms with Crippen LogP contribution >= 0.6 is 0 Å². The SMILES string of the molecule is Cc1ccc(C(CCNC(=O)c2cccc(-c3cc(O)c4ncccc4c3)c2)c2ccc(C(F)(F)F)cc2)cc1.O=C(NC(Cc1ccccc1)C(=O)NCC1CCCCC1)c1cccc(-c2cc(O)c3ncccc3c2)c1.O=C(N[C@@H](Cc1ccc2ccccc2c1)C(=O)NCCC(c1ccccc1)c1ccccc1)c1cccc(-c2cc(O)c3ncccc3c2)c1. The Bertz CT molecular complexity index is 6540. The van der Waals surface area contributed by atoms with E-state index >= 15 is 0 Å². The lowest BCUT2D eigenvalue weighted by atomic mass is 9.87. The number of benzene rings is 13. The summed E-state index contributed by atoms with van der Waals surface area (Å²) in [6.07, 6.45) is 8.43. The molecular formula is C109H97F3N8O8. The number of nitrogens with one attached hydrogen (secondary N) is 5. The molecule has 1 saturated carbocycles. The van der Waals surface area contributed by atoms with Crippen LogP contribution in [0.5, 0.6) is 17.2 Å². The molecule has 5 amide bonds. The van der Waals surface area contributed by atoms with Crippen molar-refractivity contribution < 1.29 is 52.5 Å². The quantitative estimate of drug-likeness (QED) is 0.0253. The molecular weight excluding hydrogens is 1610 g/mol. The summed E-state index contributed by atoms with van der Waals surface area (Å²) in [6, 6.07) is 99.6. The highest BCUT2D eigenvalue weighted by atomic mass is 19.4. The van der Waals surface area contributed by atoms with Crippen molar-refractivity contribution in [2.45, 2.75) is 94.8 Å². The molecule has 19 heteroatoms. The van der Waals surface area contributed by atoms with Gasteiger partial charge in [0.25, 0.3) is 17.7 Å². The summed E-state index contributed by atoms with van der Waals surface area (Å²) < 4.78 is 39.3. The molecule has 3 aromatic heterocycles. The van der Waals surface area contributed by atoms with Gasteiger partial charge in [-0.25, -0.2) is 0 Å². The zero-order chi connectivity index (χ0) is 88.9. The van der Waals surface area contributed by atoms with Crippen LogP contribution in [0.3, 0.4) is 0 Å². The topological polar surface area (TPSA) is 245 Å². The van der Waals surface area contributed by atoms with E-state index in [0.29, 0.717) is 84.5 Å². The zero-order valence-electron chi connectivity index (χ0n) is 70.6. The smallest absolute Gasteiger partial charge is 0.416 e. The summed E-state index contributed by atoms with van der Waals surface area (Å²) in [4.78, 5) is 80.1. The highest BCUT2D eigenvalue weighted by Gasteiger charge is 2.32. The molecule has 0 bridgehead atoms. The third-order valence-corrected chi connectivity index (χ3v) is 23.5. The molecule has 0 spiro atoms. The van der Waals surface area contributed by atoms with Crippen molar-refractivity contribution in [2.24, 2.45) is 5.92 Å². The van der Waals surface area contributed by atoms with E-state index in [-0.39, 0.29) is 58.6 Å². The molecule has 0 aliphatic heterocycles. The van der Waals surface area contributed by atoms with Gasteiger partial charge in [0.1, 0.15) is 45.9 Å². The number of aromatic hydroxyl groups is 3. The van der Waals surface area contributed by atoms with Crippen molar-refractivity contribution in [3.05, 3.63) is 407 Å². The average molecular weight is 1700 g/mol. The minimum absolute atomic E-state index is 0.0633. The van der Waals surface area contributed by atoms with E-state index in [9.17, 15) is 52.5 Å². The van der Waals surface area contributed by atoms with E-state index in [0.717, 1.165) is 113 Å². The van der Waals surface area contributed by atoms with E-state index in [1.165, 1.54) is 42.5 Å². The Hall–Kier alpha value is -15.1. The second-order valence-corrected chi connectivity index (χ2v) is 32.4. The molecule has 1 aliphatic carbocycles. The number of fused-ring (bicyclic) bond motifs is 4. The zero-order valence-corrected chi connectivity index (χ0v) is 70.6. The van der Waals surface area contributed by atoms with Crippen molar-refractivity contribution >= 4 is 73.0 Å². The van der Waals surface area contributed by atoms with Crippen molar-refractivity contribution in [2.75, 3.05) is 19.6 Å². The van der Waals surface area contributed by atoms with Crippen LogP contribution in [0, 0.1) is 12.8 Å². The van der Waals surface area contributed by atoms with Crippen molar-refractivity contribution in [1.29, 1.82) is 0 Å². The summed E-state index contributed by atoms with van der Waals surface area (Å²) in [5, 5.41) is 51.3. The lowest BCUT2D eigenvalue weighted by Gasteiger charge is -2.24. The van der Waals surface area contributed by atoms with Gasteiger partial charge < -0.3 is 41.9 Å². The van der Waals surface area contributed by atoms with E-state index in [2.05, 4.69) is 77.9 Å². The Labute approximate surface area is 741 Å². The van der Waals surface area contributed by atoms with Gasteiger partial charge in [-0.2, -0.15) is 13.2 Å². The molecule has 1 fully saturated rings. The van der Waals surface area contributed by atoms with Crippen LogP contribution in [0.2, 0.25) is 0 Å². The summed E-state index contributed by atoms with van der Waals surface area (Å²) in [6.45, 7) is 3.38. The molecule has 17 rings (SSSR count). The first kappa shape index (κ1) is 87.8. The minimum Gasteiger partial charge on any atom is -0.506 e. The largest absolute Gasteiger partial charge is 0.506 e. The predicted molar refractivity (Wildman–Crippen MR) is 500 cm³/mol. The second kappa shape index (κ2) is 41.6. The third-order valence-electron chi connectivity index (χ3n) is 23.5.